The Labute approximate surface area is 216 Å². The summed E-state index contributed by atoms with van der Waals surface area (Å²) in [5.41, 5.74) is 5.40. The molecule has 6 heteroatoms. The second kappa shape index (κ2) is 9.68. The summed E-state index contributed by atoms with van der Waals surface area (Å²) < 4.78 is 17.9. The summed E-state index contributed by atoms with van der Waals surface area (Å²) >= 11 is 1.67. The number of ether oxygens (including phenoxy) is 3. The second-order valence-electron chi connectivity index (χ2n) is 9.91. The molecule has 0 spiro atoms. The molecule has 3 heterocycles. The minimum Gasteiger partial charge on any atom is -0.493 e. The van der Waals surface area contributed by atoms with E-state index in [0.717, 1.165) is 55.1 Å². The first-order valence-electron chi connectivity index (χ1n) is 12.4. The van der Waals surface area contributed by atoms with Gasteiger partial charge >= 0.3 is 5.97 Å². The first-order valence-corrected chi connectivity index (χ1v) is 13.2. The molecule has 36 heavy (non-hydrogen) atoms. The highest BCUT2D eigenvalue weighted by atomic mass is 32.1. The number of hydrogen-bond donors (Lipinski definition) is 0. The molecule has 1 unspecified atom stereocenters. The monoisotopic (exact) mass is 501 g/mol. The molecule has 1 aliphatic rings. The molecular weight excluding hydrogens is 470 g/mol. The van der Waals surface area contributed by atoms with Crippen LogP contribution in [0.2, 0.25) is 0 Å². The van der Waals surface area contributed by atoms with Gasteiger partial charge in [0.15, 0.2) is 6.10 Å². The van der Waals surface area contributed by atoms with Crippen molar-refractivity contribution < 1.29 is 19.0 Å². The number of thiophene rings is 1. The summed E-state index contributed by atoms with van der Waals surface area (Å²) in [5.74, 6) is 0.471. The molecule has 0 radical (unpaired) electrons. The molecule has 0 fully saturated rings. The number of aromatic nitrogens is 1. The Balaban J connectivity index is 1.84. The Bertz CT molecular complexity index is 1410. The molecule has 0 aliphatic carbocycles. The lowest BCUT2D eigenvalue weighted by molar-refractivity contribution is -0.166. The van der Waals surface area contributed by atoms with Crippen molar-refractivity contribution in [3.8, 4) is 27.3 Å². The average Bonchev–Trinajstić information content (AvgIpc) is 3.20. The van der Waals surface area contributed by atoms with Gasteiger partial charge in [0.1, 0.15) is 5.75 Å². The minimum absolute atomic E-state index is 0.285. The average molecular weight is 502 g/mol. The number of rotatable bonds is 6. The number of esters is 1. The zero-order valence-electron chi connectivity index (χ0n) is 21.4. The van der Waals surface area contributed by atoms with Crippen LogP contribution in [0.4, 0.5) is 0 Å². The zero-order valence-corrected chi connectivity index (χ0v) is 22.2. The first kappa shape index (κ1) is 24.5. The van der Waals surface area contributed by atoms with Crippen molar-refractivity contribution in [3.05, 3.63) is 70.7 Å². The number of nitrogens with zero attached hydrogens (tertiary/aromatic N) is 1. The lowest BCUT2D eigenvalue weighted by Gasteiger charge is -2.28. The molecule has 4 aromatic rings. The predicted octanol–water partition coefficient (Wildman–Crippen LogP) is 7.29. The van der Waals surface area contributed by atoms with E-state index in [1.165, 1.54) is 5.56 Å². The summed E-state index contributed by atoms with van der Waals surface area (Å²) in [7, 11) is 0. The summed E-state index contributed by atoms with van der Waals surface area (Å²) in [6, 6.07) is 16.4. The summed E-state index contributed by atoms with van der Waals surface area (Å²) in [6.45, 7) is 10.7. The van der Waals surface area contributed by atoms with Crippen LogP contribution in [0.3, 0.4) is 0 Å². The van der Waals surface area contributed by atoms with Crippen LogP contribution in [0.5, 0.6) is 5.75 Å². The van der Waals surface area contributed by atoms with Crippen molar-refractivity contribution in [2.45, 2.75) is 52.7 Å². The van der Waals surface area contributed by atoms with Crippen LogP contribution >= 0.6 is 11.3 Å². The van der Waals surface area contributed by atoms with Crippen LogP contribution in [-0.4, -0.2) is 29.8 Å². The molecule has 2 aromatic heterocycles. The minimum atomic E-state index is -0.865. The van der Waals surface area contributed by atoms with Gasteiger partial charge in [-0.15, -0.1) is 11.3 Å². The maximum atomic E-state index is 13.4. The molecular formula is C30H31NO4S. The Morgan fingerprint density at radius 2 is 1.92 bits per heavy atom. The van der Waals surface area contributed by atoms with Gasteiger partial charge in [0.2, 0.25) is 0 Å². The fraction of sp³-hybridized carbons (Fsp3) is 0.333. The van der Waals surface area contributed by atoms with Crippen LogP contribution in [0.15, 0.2) is 54.7 Å². The van der Waals surface area contributed by atoms with Gasteiger partial charge in [-0.3, -0.25) is 4.98 Å². The maximum Gasteiger partial charge on any atom is 0.340 e. The molecule has 0 N–H and O–H groups in total. The van der Waals surface area contributed by atoms with Gasteiger partial charge in [-0.2, -0.15) is 0 Å². The van der Waals surface area contributed by atoms with Crippen molar-refractivity contribution in [1.82, 2.24) is 4.98 Å². The number of carbonyl (C=O) groups is 1. The van der Waals surface area contributed by atoms with Gasteiger partial charge in [-0.25, -0.2) is 4.79 Å². The first-order chi connectivity index (χ1) is 17.3. The van der Waals surface area contributed by atoms with Crippen LogP contribution < -0.4 is 4.74 Å². The topological polar surface area (TPSA) is 57.7 Å². The van der Waals surface area contributed by atoms with Gasteiger partial charge < -0.3 is 14.2 Å². The van der Waals surface area contributed by atoms with E-state index in [4.69, 9.17) is 19.2 Å². The third kappa shape index (κ3) is 4.51. The Morgan fingerprint density at radius 3 is 2.64 bits per heavy atom. The molecule has 0 bridgehead atoms. The molecule has 1 aliphatic heterocycles. The van der Waals surface area contributed by atoms with Gasteiger partial charge in [0.05, 0.1) is 24.3 Å². The third-order valence-electron chi connectivity index (χ3n) is 6.24. The SMILES string of the molecule is CCOC(=O)C(OC(C)(C)C)c1c(C)sc(-c2ccccc2)c1-c1ccc2c3c(ccnc13)CCO2. The van der Waals surface area contributed by atoms with Crippen molar-refractivity contribution in [2.24, 2.45) is 0 Å². The van der Waals surface area contributed by atoms with E-state index in [9.17, 15) is 4.79 Å². The Hall–Kier alpha value is -3.22. The number of hydrogen-bond acceptors (Lipinski definition) is 6. The largest absolute Gasteiger partial charge is 0.493 e. The maximum absolute atomic E-state index is 13.4. The van der Waals surface area contributed by atoms with E-state index in [1.807, 2.05) is 58.2 Å². The molecule has 0 amide bonds. The van der Waals surface area contributed by atoms with E-state index >= 15 is 0 Å². The van der Waals surface area contributed by atoms with Gasteiger partial charge in [0, 0.05) is 44.4 Å². The fourth-order valence-electron chi connectivity index (χ4n) is 4.83. The highest BCUT2D eigenvalue weighted by Gasteiger charge is 2.35. The van der Waals surface area contributed by atoms with Gasteiger partial charge in [0.25, 0.3) is 0 Å². The van der Waals surface area contributed by atoms with Crippen molar-refractivity contribution in [3.63, 3.8) is 0 Å². The molecule has 0 saturated heterocycles. The normalized spacial score (nSPS) is 13.9. The molecule has 2 aromatic carbocycles. The molecule has 5 nitrogen and oxygen atoms in total. The second-order valence-corrected chi connectivity index (χ2v) is 11.1. The number of carbonyl (C=O) groups excluding carboxylic acids is 1. The lowest BCUT2D eigenvalue weighted by atomic mass is 9.90. The number of benzene rings is 2. The molecule has 5 rings (SSSR count). The lowest BCUT2D eigenvalue weighted by Crippen LogP contribution is -2.29. The summed E-state index contributed by atoms with van der Waals surface area (Å²) in [6.07, 6.45) is 1.84. The summed E-state index contributed by atoms with van der Waals surface area (Å²) in [4.78, 5) is 20.3. The van der Waals surface area contributed by atoms with Crippen molar-refractivity contribution in [1.29, 1.82) is 0 Å². The van der Waals surface area contributed by atoms with Crippen LogP contribution in [0.25, 0.3) is 32.5 Å². The van der Waals surface area contributed by atoms with E-state index < -0.39 is 11.7 Å². The van der Waals surface area contributed by atoms with Crippen molar-refractivity contribution in [2.75, 3.05) is 13.2 Å². The Kier molecular flexibility index (Phi) is 6.58. The Morgan fingerprint density at radius 1 is 1.14 bits per heavy atom. The van der Waals surface area contributed by atoms with Crippen LogP contribution in [0, 0.1) is 6.92 Å². The quantitative estimate of drug-likeness (QED) is 0.260. The highest BCUT2D eigenvalue weighted by molar-refractivity contribution is 7.16. The van der Waals surface area contributed by atoms with Crippen LogP contribution in [0.1, 0.15) is 49.8 Å². The van der Waals surface area contributed by atoms with Gasteiger partial charge in [-0.1, -0.05) is 30.3 Å². The zero-order chi connectivity index (χ0) is 25.4. The van der Waals surface area contributed by atoms with Crippen molar-refractivity contribution >= 4 is 28.2 Å². The number of aryl methyl sites for hydroxylation is 1. The van der Waals surface area contributed by atoms with E-state index in [-0.39, 0.29) is 12.6 Å². The van der Waals surface area contributed by atoms with E-state index in [0.29, 0.717) is 6.61 Å². The smallest absolute Gasteiger partial charge is 0.340 e. The number of pyridine rings is 1. The predicted molar refractivity (Wildman–Crippen MR) is 145 cm³/mol. The molecule has 0 saturated carbocycles. The summed E-state index contributed by atoms with van der Waals surface area (Å²) in [5, 5.41) is 1.04. The fourth-order valence-corrected chi connectivity index (χ4v) is 6.03. The highest BCUT2D eigenvalue weighted by Crippen LogP contribution is 2.50. The molecule has 186 valence electrons. The van der Waals surface area contributed by atoms with E-state index in [2.05, 4.69) is 31.2 Å². The third-order valence-corrected chi connectivity index (χ3v) is 7.41. The van der Waals surface area contributed by atoms with Gasteiger partial charge in [-0.05, 0) is 63.9 Å². The molecule has 1 atom stereocenters. The van der Waals surface area contributed by atoms with E-state index in [1.54, 1.807) is 11.3 Å². The van der Waals surface area contributed by atoms with Crippen LogP contribution in [-0.2, 0) is 20.7 Å². The standard InChI is InChI=1S/C30H31NO4S/c1-6-33-29(32)27(35-30(3,4)5)23-18(2)36-28(20-10-8-7-9-11-20)25(23)21-12-13-22-24-19(15-17-34-22)14-16-31-26(21)24/h7-14,16,27H,6,15,17H2,1-5H3.